The van der Waals surface area contributed by atoms with E-state index in [-0.39, 0.29) is 12.7 Å². The van der Waals surface area contributed by atoms with Gasteiger partial charge in [0.1, 0.15) is 0 Å². The molecular weight excluding hydrogens is 244 g/mol. The molecule has 0 saturated carbocycles. The highest BCUT2D eigenvalue weighted by Crippen LogP contribution is 2.35. The van der Waals surface area contributed by atoms with Gasteiger partial charge in [0.2, 0.25) is 12.7 Å². The highest BCUT2D eigenvalue weighted by molar-refractivity contribution is 5.86. The lowest BCUT2D eigenvalue weighted by molar-refractivity contribution is -0.126. The third kappa shape index (κ3) is 2.26. The Bertz CT molecular complexity index is 495. The molecule has 0 spiro atoms. The number of hydrogen-bond donors (Lipinski definition) is 2. The van der Waals surface area contributed by atoms with Crippen LogP contribution >= 0.6 is 0 Å². The number of rotatable bonds is 3. The second kappa shape index (κ2) is 4.74. The van der Waals surface area contributed by atoms with Crippen molar-refractivity contribution in [3.63, 3.8) is 0 Å². The SMILES string of the molecule is CC1(C(=O)NCc2cccc3c2OCO3)CCCN1. The topological polar surface area (TPSA) is 59.6 Å². The number of hydrogen-bond acceptors (Lipinski definition) is 4. The zero-order valence-corrected chi connectivity index (χ0v) is 11.0. The summed E-state index contributed by atoms with van der Waals surface area (Å²) in [7, 11) is 0. The maximum atomic E-state index is 12.2. The summed E-state index contributed by atoms with van der Waals surface area (Å²) in [5, 5.41) is 6.23. The van der Waals surface area contributed by atoms with Crippen LogP contribution in [-0.2, 0) is 11.3 Å². The summed E-state index contributed by atoms with van der Waals surface area (Å²) in [5.41, 5.74) is 0.514. The van der Waals surface area contributed by atoms with Crippen molar-refractivity contribution < 1.29 is 14.3 Å². The maximum Gasteiger partial charge on any atom is 0.240 e. The van der Waals surface area contributed by atoms with Gasteiger partial charge in [0.05, 0.1) is 5.54 Å². The van der Waals surface area contributed by atoms with Gasteiger partial charge >= 0.3 is 0 Å². The molecule has 1 aromatic carbocycles. The summed E-state index contributed by atoms with van der Waals surface area (Å²) >= 11 is 0. The molecule has 1 atom stereocenters. The molecule has 5 nitrogen and oxygen atoms in total. The number of amides is 1. The summed E-state index contributed by atoms with van der Waals surface area (Å²) in [6, 6.07) is 5.72. The average Bonchev–Trinajstić information content (AvgIpc) is 3.05. The number of para-hydroxylation sites is 1. The quantitative estimate of drug-likeness (QED) is 0.858. The monoisotopic (exact) mass is 262 g/mol. The van der Waals surface area contributed by atoms with Crippen LogP contribution < -0.4 is 20.1 Å². The highest BCUT2D eigenvalue weighted by Gasteiger charge is 2.35. The Labute approximate surface area is 112 Å². The molecule has 2 aliphatic rings. The predicted molar refractivity (Wildman–Crippen MR) is 70.1 cm³/mol. The van der Waals surface area contributed by atoms with Crippen LogP contribution in [0.2, 0.25) is 0 Å². The van der Waals surface area contributed by atoms with E-state index < -0.39 is 5.54 Å². The molecule has 0 aliphatic carbocycles. The normalized spacial score (nSPS) is 24.5. The molecule has 0 radical (unpaired) electrons. The van der Waals surface area contributed by atoms with Gasteiger partial charge in [0.25, 0.3) is 0 Å². The first-order valence-corrected chi connectivity index (χ1v) is 6.60. The van der Waals surface area contributed by atoms with Gasteiger partial charge in [0.15, 0.2) is 11.5 Å². The van der Waals surface area contributed by atoms with Crippen molar-refractivity contribution in [1.29, 1.82) is 0 Å². The first-order chi connectivity index (χ1) is 9.19. The summed E-state index contributed by atoms with van der Waals surface area (Å²) in [6.07, 6.45) is 1.92. The summed E-state index contributed by atoms with van der Waals surface area (Å²) in [4.78, 5) is 12.2. The van der Waals surface area contributed by atoms with Crippen molar-refractivity contribution in [2.75, 3.05) is 13.3 Å². The molecule has 1 aromatic rings. The molecule has 1 amide bonds. The Hall–Kier alpha value is -1.75. The third-order valence-corrected chi connectivity index (χ3v) is 3.79. The first-order valence-electron chi connectivity index (χ1n) is 6.60. The zero-order chi connectivity index (χ0) is 13.3. The van der Waals surface area contributed by atoms with Crippen molar-refractivity contribution in [3.05, 3.63) is 23.8 Å². The Kier molecular flexibility index (Phi) is 3.06. The van der Waals surface area contributed by atoms with E-state index in [0.29, 0.717) is 6.54 Å². The zero-order valence-electron chi connectivity index (χ0n) is 11.0. The summed E-state index contributed by atoms with van der Waals surface area (Å²) < 4.78 is 10.7. The van der Waals surface area contributed by atoms with Crippen molar-refractivity contribution in [2.24, 2.45) is 0 Å². The van der Waals surface area contributed by atoms with Crippen LogP contribution in [0.25, 0.3) is 0 Å². The fraction of sp³-hybridized carbons (Fsp3) is 0.500. The second-order valence-corrected chi connectivity index (χ2v) is 5.20. The molecule has 1 fully saturated rings. The first kappa shape index (κ1) is 12.3. The smallest absolute Gasteiger partial charge is 0.240 e. The lowest BCUT2D eigenvalue weighted by Crippen LogP contribution is -2.50. The minimum Gasteiger partial charge on any atom is -0.454 e. The van der Waals surface area contributed by atoms with E-state index in [9.17, 15) is 4.79 Å². The molecular formula is C14H18N2O3. The van der Waals surface area contributed by atoms with Gasteiger partial charge in [-0.15, -0.1) is 0 Å². The van der Waals surface area contributed by atoms with E-state index in [4.69, 9.17) is 9.47 Å². The maximum absolute atomic E-state index is 12.2. The van der Waals surface area contributed by atoms with E-state index in [1.807, 2.05) is 25.1 Å². The summed E-state index contributed by atoms with van der Waals surface area (Å²) in [6.45, 7) is 3.56. The van der Waals surface area contributed by atoms with Gasteiger partial charge in [-0.2, -0.15) is 0 Å². The van der Waals surface area contributed by atoms with Crippen molar-refractivity contribution in [1.82, 2.24) is 10.6 Å². The molecule has 19 heavy (non-hydrogen) atoms. The van der Waals surface area contributed by atoms with Crippen LogP contribution in [0.1, 0.15) is 25.3 Å². The molecule has 2 N–H and O–H groups in total. The van der Waals surface area contributed by atoms with Crippen LogP contribution in [0.5, 0.6) is 11.5 Å². The molecule has 1 unspecified atom stereocenters. The van der Waals surface area contributed by atoms with E-state index in [1.54, 1.807) is 0 Å². The minimum atomic E-state index is -0.435. The van der Waals surface area contributed by atoms with Crippen molar-refractivity contribution in [3.8, 4) is 11.5 Å². The van der Waals surface area contributed by atoms with E-state index in [0.717, 1.165) is 36.4 Å². The van der Waals surface area contributed by atoms with Gasteiger partial charge in [-0.25, -0.2) is 0 Å². The predicted octanol–water partition coefficient (Wildman–Crippen LogP) is 1.17. The molecule has 0 bridgehead atoms. The number of benzene rings is 1. The third-order valence-electron chi connectivity index (χ3n) is 3.79. The Morgan fingerprint density at radius 2 is 2.37 bits per heavy atom. The van der Waals surface area contributed by atoms with E-state index in [2.05, 4.69) is 10.6 Å². The Morgan fingerprint density at radius 1 is 1.47 bits per heavy atom. The van der Waals surface area contributed by atoms with Gasteiger partial charge in [-0.3, -0.25) is 4.79 Å². The molecule has 102 valence electrons. The van der Waals surface area contributed by atoms with Crippen LogP contribution in [0, 0.1) is 0 Å². The molecule has 3 rings (SSSR count). The average molecular weight is 262 g/mol. The number of nitrogens with one attached hydrogen (secondary N) is 2. The Balaban J connectivity index is 1.67. The largest absolute Gasteiger partial charge is 0.454 e. The van der Waals surface area contributed by atoms with Gasteiger partial charge in [-0.05, 0) is 32.4 Å². The van der Waals surface area contributed by atoms with Crippen molar-refractivity contribution in [2.45, 2.75) is 31.8 Å². The molecule has 2 aliphatic heterocycles. The molecule has 5 heteroatoms. The van der Waals surface area contributed by atoms with Gasteiger partial charge in [-0.1, -0.05) is 12.1 Å². The van der Waals surface area contributed by atoms with Crippen LogP contribution in [-0.4, -0.2) is 24.8 Å². The number of carbonyl (C=O) groups excluding carboxylic acids is 1. The van der Waals surface area contributed by atoms with Gasteiger partial charge in [0, 0.05) is 12.1 Å². The molecule has 1 saturated heterocycles. The second-order valence-electron chi connectivity index (χ2n) is 5.20. The van der Waals surface area contributed by atoms with Crippen molar-refractivity contribution >= 4 is 5.91 Å². The standard InChI is InChI=1S/C14H18N2O3/c1-14(6-3-7-16-14)13(17)15-8-10-4-2-5-11-12(10)19-9-18-11/h2,4-5,16H,3,6-9H2,1H3,(H,15,17). The van der Waals surface area contributed by atoms with E-state index in [1.165, 1.54) is 0 Å². The lowest BCUT2D eigenvalue weighted by atomic mass is 9.99. The van der Waals surface area contributed by atoms with Crippen LogP contribution in [0.4, 0.5) is 0 Å². The van der Waals surface area contributed by atoms with Crippen LogP contribution in [0.3, 0.4) is 0 Å². The molecule has 2 heterocycles. The number of fused-ring (bicyclic) bond motifs is 1. The fourth-order valence-electron chi connectivity index (χ4n) is 2.59. The van der Waals surface area contributed by atoms with E-state index >= 15 is 0 Å². The van der Waals surface area contributed by atoms with Crippen LogP contribution in [0.15, 0.2) is 18.2 Å². The molecule has 0 aromatic heterocycles. The fourth-order valence-corrected chi connectivity index (χ4v) is 2.59. The summed E-state index contributed by atoms with van der Waals surface area (Å²) in [5.74, 6) is 1.53. The number of carbonyl (C=O) groups is 1. The lowest BCUT2D eigenvalue weighted by Gasteiger charge is -2.23. The highest BCUT2D eigenvalue weighted by atomic mass is 16.7. The minimum absolute atomic E-state index is 0.0431. The van der Waals surface area contributed by atoms with Gasteiger partial charge < -0.3 is 20.1 Å². The number of ether oxygens (including phenoxy) is 2. The Morgan fingerprint density at radius 3 is 3.16 bits per heavy atom.